The molecule has 25 heavy (non-hydrogen) atoms. The average Bonchev–Trinajstić information content (AvgIpc) is 2.61. The van der Waals surface area contributed by atoms with Crippen molar-refractivity contribution in [3.8, 4) is 0 Å². The minimum atomic E-state index is -0.949. The molecule has 0 aliphatic heterocycles. The van der Waals surface area contributed by atoms with Gasteiger partial charge in [0.1, 0.15) is 0 Å². The van der Waals surface area contributed by atoms with Crippen LogP contribution in [0.3, 0.4) is 0 Å². The van der Waals surface area contributed by atoms with Crippen molar-refractivity contribution in [3.05, 3.63) is 65.0 Å². The van der Waals surface area contributed by atoms with Crippen LogP contribution in [0.4, 0.5) is 0 Å². The number of aromatic nitrogens is 1. The molecule has 2 N–H and O–H groups in total. The van der Waals surface area contributed by atoms with E-state index in [1.807, 2.05) is 0 Å². The molecule has 0 aliphatic rings. The monoisotopic (exact) mass is 340 g/mol. The van der Waals surface area contributed by atoms with Gasteiger partial charge in [0.2, 0.25) is 0 Å². The Morgan fingerprint density at radius 3 is 2.40 bits per heavy atom. The van der Waals surface area contributed by atoms with E-state index in [4.69, 9.17) is 5.11 Å². The predicted molar refractivity (Wildman–Crippen MR) is 101 cm³/mol. The van der Waals surface area contributed by atoms with Crippen molar-refractivity contribution in [2.24, 2.45) is 5.92 Å². The lowest BCUT2D eigenvalue weighted by Gasteiger charge is -2.23. The smallest absolute Gasteiger partial charge is 0.337 e. The number of hydrogen-bond acceptors (Lipinski definition) is 3. The molecular formula is C21H28N2O2. The fourth-order valence-corrected chi connectivity index (χ4v) is 2.88. The molecule has 0 saturated carbocycles. The number of aromatic carboxylic acids is 1. The average molecular weight is 340 g/mol. The SMILES string of the molecule is CCCCc1ccc(C(NCc2ccc(C(=O)O)cn2)C(C)C)cc1. The summed E-state index contributed by atoms with van der Waals surface area (Å²) < 4.78 is 0. The zero-order valence-corrected chi connectivity index (χ0v) is 15.3. The van der Waals surface area contributed by atoms with Crippen molar-refractivity contribution < 1.29 is 9.90 Å². The van der Waals surface area contributed by atoms with Gasteiger partial charge in [0.05, 0.1) is 11.3 Å². The summed E-state index contributed by atoms with van der Waals surface area (Å²) in [5.41, 5.74) is 3.72. The van der Waals surface area contributed by atoms with Crippen LogP contribution in [-0.4, -0.2) is 16.1 Å². The van der Waals surface area contributed by atoms with Gasteiger partial charge in [0.25, 0.3) is 0 Å². The van der Waals surface area contributed by atoms with Gasteiger partial charge < -0.3 is 10.4 Å². The molecule has 1 aromatic heterocycles. The van der Waals surface area contributed by atoms with E-state index >= 15 is 0 Å². The highest BCUT2D eigenvalue weighted by atomic mass is 16.4. The van der Waals surface area contributed by atoms with Gasteiger partial charge >= 0.3 is 5.97 Å². The Kier molecular flexibility index (Phi) is 7.14. The van der Waals surface area contributed by atoms with Crippen LogP contribution in [0.25, 0.3) is 0 Å². The highest BCUT2D eigenvalue weighted by Crippen LogP contribution is 2.23. The van der Waals surface area contributed by atoms with Crippen LogP contribution in [0.5, 0.6) is 0 Å². The summed E-state index contributed by atoms with van der Waals surface area (Å²) in [5.74, 6) is -0.505. The molecule has 2 rings (SSSR count). The molecule has 0 amide bonds. The van der Waals surface area contributed by atoms with E-state index < -0.39 is 5.97 Å². The number of hydrogen-bond donors (Lipinski definition) is 2. The van der Waals surface area contributed by atoms with Gasteiger partial charge in [-0.25, -0.2) is 4.79 Å². The summed E-state index contributed by atoms with van der Waals surface area (Å²) in [5, 5.41) is 12.5. The standard InChI is InChI=1S/C21H28N2O2/c1-4-5-6-16-7-9-17(10-8-16)20(15(2)3)23-14-19-12-11-18(13-22-19)21(24)25/h7-13,15,20,23H,4-6,14H2,1-3H3,(H,24,25). The number of rotatable bonds is 9. The summed E-state index contributed by atoms with van der Waals surface area (Å²) in [4.78, 5) is 15.1. The summed E-state index contributed by atoms with van der Waals surface area (Å²) in [6, 6.07) is 12.5. The first-order valence-corrected chi connectivity index (χ1v) is 9.01. The molecule has 1 unspecified atom stereocenters. The van der Waals surface area contributed by atoms with Gasteiger partial charge in [-0.2, -0.15) is 0 Å². The lowest BCUT2D eigenvalue weighted by Crippen LogP contribution is -2.25. The van der Waals surface area contributed by atoms with E-state index in [0.29, 0.717) is 12.5 Å². The Morgan fingerprint density at radius 2 is 1.88 bits per heavy atom. The number of carbonyl (C=O) groups is 1. The fourth-order valence-electron chi connectivity index (χ4n) is 2.88. The van der Waals surface area contributed by atoms with Gasteiger partial charge in [-0.15, -0.1) is 0 Å². The first-order valence-electron chi connectivity index (χ1n) is 9.01. The molecule has 0 fully saturated rings. The van der Waals surface area contributed by atoms with Crippen molar-refractivity contribution in [1.82, 2.24) is 10.3 Å². The molecule has 0 saturated heterocycles. The minimum Gasteiger partial charge on any atom is -0.478 e. The minimum absolute atomic E-state index is 0.215. The van der Waals surface area contributed by atoms with Gasteiger partial charge in [-0.05, 0) is 42.0 Å². The second-order valence-corrected chi connectivity index (χ2v) is 6.79. The highest BCUT2D eigenvalue weighted by molar-refractivity contribution is 5.87. The number of benzene rings is 1. The van der Waals surface area contributed by atoms with Crippen LogP contribution < -0.4 is 5.32 Å². The van der Waals surface area contributed by atoms with E-state index in [9.17, 15) is 4.79 Å². The van der Waals surface area contributed by atoms with Gasteiger partial charge in [0, 0.05) is 18.8 Å². The third-order valence-corrected chi connectivity index (χ3v) is 4.40. The quantitative estimate of drug-likeness (QED) is 0.700. The van der Waals surface area contributed by atoms with Crippen LogP contribution in [-0.2, 0) is 13.0 Å². The van der Waals surface area contributed by atoms with E-state index in [2.05, 4.69) is 55.3 Å². The fraction of sp³-hybridized carbons (Fsp3) is 0.429. The molecule has 2 aromatic rings. The highest BCUT2D eigenvalue weighted by Gasteiger charge is 2.15. The summed E-state index contributed by atoms with van der Waals surface area (Å²) >= 11 is 0. The van der Waals surface area contributed by atoms with Crippen molar-refractivity contribution in [2.75, 3.05) is 0 Å². The molecule has 1 atom stereocenters. The van der Waals surface area contributed by atoms with E-state index in [1.54, 1.807) is 12.1 Å². The predicted octanol–water partition coefficient (Wildman–Crippen LogP) is 4.61. The maximum absolute atomic E-state index is 10.9. The molecule has 0 aliphatic carbocycles. The van der Waals surface area contributed by atoms with Gasteiger partial charge in [-0.3, -0.25) is 4.98 Å². The Morgan fingerprint density at radius 1 is 1.16 bits per heavy atom. The van der Waals surface area contributed by atoms with Crippen LogP contribution in [0.2, 0.25) is 0 Å². The number of aryl methyl sites for hydroxylation is 1. The molecular weight excluding hydrogens is 312 g/mol. The molecule has 0 spiro atoms. The summed E-state index contributed by atoms with van der Waals surface area (Å²) in [6.45, 7) is 7.22. The van der Waals surface area contributed by atoms with E-state index in [0.717, 1.165) is 12.1 Å². The normalized spacial score (nSPS) is 12.3. The second kappa shape index (κ2) is 9.33. The van der Waals surface area contributed by atoms with Crippen molar-refractivity contribution >= 4 is 5.97 Å². The maximum Gasteiger partial charge on any atom is 0.337 e. The Labute approximate surface area is 150 Å². The Balaban J connectivity index is 2.01. The number of nitrogens with one attached hydrogen (secondary N) is 1. The van der Waals surface area contributed by atoms with Gasteiger partial charge in [0.15, 0.2) is 0 Å². The van der Waals surface area contributed by atoms with E-state index in [1.165, 1.54) is 30.2 Å². The van der Waals surface area contributed by atoms with Crippen molar-refractivity contribution in [1.29, 1.82) is 0 Å². The molecule has 134 valence electrons. The molecule has 1 heterocycles. The van der Waals surface area contributed by atoms with E-state index in [-0.39, 0.29) is 11.6 Å². The number of unbranched alkanes of at least 4 members (excludes halogenated alkanes) is 1. The second-order valence-electron chi connectivity index (χ2n) is 6.79. The van der Waals surface area contributed by atoms with Crippen molar-refractivity contribution in [2.45, 2.75) is 52.6 Å². The number of carboxylic acid groups (broad SMARTS) is 1. The Bertz CT molecular complexity index is 663. The van der Waals surface area contributed by atoms with Crippen LogP contribution in [0, 0.1) is 5.92 Å². The van der Waals surface area contributed by atoms with Crippen LogP contribution in [0.1, 0.15) is 66.8 Å². The van der Waals surface area contributed by atoms with Crippen molar-refractivity contribution in [3.63, 3.8) is 0 Å². The number of carboxylic acids is 1. The molecule has 4 heteroatoms. The third-order valence-electron chi connectivity index (χ3n) is 4.40. The van der Waals surface area contributed by atoms with Gasteiger partial charge in [-0.1, -0.05) is 51.5 Å². The molecule has 0 radical (unpaired) electrons. The molecule has 0 bridgehead atoms. The lowest BCUT2D eigenvalue weighted by molar-refractivity contribution is 0.0696. The third kappa shape index (κ3) is 5.68. The largest absolute Gasteiger partial charge is 0.478 e. The Hall–Kier alpha value is -2.20. The number of nitrogens with zero attached hydrogens (tertiary/aromatic N) is 1. The van der Waals surface area contributed by atoms with Crippen LogP contribution >= 0.6 is 0 Å². The molecule has 4 nitrogen and oxygen atoms in total. The number of pyridine rings is 1. The van der Waals surface area contributed by atoms with Crippen LogP contribution in [0.15, 0.2) is 42.6 Å². The topological polar surface area (TPSA) is 62.2 Å². The zero-order valence-electron chi connectivity index (χ0n) is 15.3. The summed E-state index contributed by atoms with van der Waals surface area (Å²) in [7, 11) is 0. The zero-order chi connectivity index (χ0) is 18.2. The maximum atomic E-state index is 10.9. The molecule has 1 aromatic carbocycles. The summed E-state index contributed by atoms with van der Waals surface area (Å²) in [6.07, 6.45) is 4.98. The first-order chi connectivity index (χ1) is 12.0. The lowest BCUT2D eigenvalue weighted by atomic mass is 9.94. The first kappa shape index (κ1) is 19.1.